The molecule has 2 aromatic rings. The molecule has 30 heavy (non-hydrogen) atoms. The van der Waals surface area contributed by atoms with Gasteiger partial charge >= 0.3 is 13.1 Å². The van der Waals surface area contributed by atoms with Crippen molar-refractivity contribution >= 4 is 18.6 Å². The Kier molecular flexibility index (Phi) is 5.32. The number of hydrogen-bond donors (Lipinski definition) is 0. The molecule has 1 saturated carbocycles. The summed E-state index contributed by atoms with van der Waals surface area (Å²) in [5, 5.41) is 0. The van der Waals surface area contributed by atoms with Crippen LogP contribution in [-0.4, -0.2) is 30.9 Å². The molecule has 1 aliphatic carbocycles. The number of carbonyl (C=O) groups excluding carboxylic acids is 1. The topological polar surface area (TPSA) is 44.8 Å². The van der Waals surface area contributed by atoms with Crippen molar-refractivity contribution in [3.63, 3.8) is 0 Å². The van der Waals surface area contributed by atoms with E-state index in [0.29, 0.717) is 13.0 Å². The fourth-order valence-electron chi connectivity index (χ4n) is 4.03. The molecular formula is C25H31BO4. The predicted octanol–water partition coefficient (Wildman–Crippen LogP) is 4.64. The van der Waals surface area contributed by atoms with Crippen molar-refractivity contribution in [2.24, 2.45) is 0 Å². The molecule has 0 unspecified atom stereocenters. The average molecular weight is 406 g/mol. The van der Waals surface area contributed by atoms with Gasteiger partial charge in [-0.1, -0.05) is 48.5 Å². The highest BCUT2D eigenvalue weighted by atomic mass is 16.7. The molecule has 158 valence electrons. The van der Waals surface area contributed by atoms with E-state index < -0.39 is 0 Å². The molecular weight excluding hydrogens is 375 g/mol. The quantitative estimate of drug-likeness (QED) is 0.518. The fraction of sp³-hybridized carbons (Fsp3) is 0.480. The minimum atomic E-state index is -0.343. The van der Waals surface area contributed by atoms with Crippen LogP contribution in [0.5, 0.6) is 0 Å². The lowest BCUT2D eigenvalue weighted by molar-refractivity contribution is -0.143. The molecule has 1 heterocycles. The Labute approximate surface area is 180 Å². The molecule has 0 aromatic heterocycles. The van der Waals surface area contributed by atoms with E-state index in [4.69, 9.17) is 14.0 Å². The summed E-state index contributed by atoms with van der Waals surface area (Å²) < 4.78 is 17.4. The van der Waals surface area contributed by atoms with Crippen LogP contribution in [0, 0.1) is 0 Å². The summed E-state index contributed by atoms with van der Waals surface area (Å²) in [5.41, 5.74) is 3.87. The van der Waals surface area contributed by atoms with E-state index in [2.05, 4.69) is 76.2 Å². The lowest BCUT2D eigenvalue weighted by Gasteiger charge is -2.32. The van der Waals surface area contributed by atoms with Gasteiger partial charge in [-0.3, -0.25) is 4.79 Å². The fourth-order valence-corrected chi connectivity index (χ4v) is 4.03. The third-order valence-corrected chi connectivity index (χ3v) is 6.91. The maximum atomic E-state index is 11.9. The van der Waals surface area contributed by atoms with Gasteiger partial charge in [0.25, 0.3) is 0 Å². The monoisotopic (exact) mass is 406 g/mol. The minimum absolute atomic E-state index is 0.0224. The maximum Gasteiger partial charge on any atom is 0.494 e. The molecule has 5 heteroatoms. The van der Waals surface area contributed by atoms with Gasteiger partial charge in [0.05, 0.1) is 24.2 Å². The Morgan fingerprint density at radius 2 is 1.40 bits per heavy atom. The Hall–Kier alpha value is -2.11. The summed E-state index contributed by atoms with van der Waals surface area (Å²) >= 11 is 0. The second-order valence-electron chi connectivity index (χ2n) is 9.55. The number of ether oxygens (including phenoxy) is 1. The highest BCUT2D eigenvalue weighted by Crippen LogP contribution is 2.51. The van der Waals surface area contributed by atoms with E-state index >= 15 is 0 Å². The largest absolute Gasteiger partial charge is 0.494 e. The van der Waals surface area contributed by atoms with Crippen LogP contribution in [0.3, 0.4) is 0 Å². The SMILES string of the molecule is CCOC(=O)CC1(c2ccc(-c3ccc(B4OC(C)(C)C(C)(C)O4)cc3)cc2)CC1. The first-order valence-corrected chi connectivity index (χ1v) is 10.9. The third-order valence-electron chi connectivity index (χ3n) is 6.91. The number of hydrogen-bond acceptors (Lipinski definition) is 4. The summed E-state index contributed by atoms with van der Waals surface area (Å²) in [6.45, 7) is 10.6. The van der Waals surface area contributed by atoms with Crippen LogP contribution >= 0.6 is 0 Å². The number of esters is 1. The zero-order chi connectivity index (χ0) is 21.6. The second-order valence-corrected chi connectivity index (χ2v) is 9.55. The van der Waals surface area contributed by atoms with Gasteiger partial charge in [0.2, 0.25) is 0 Å². The summed E-state index contributed by atoms with van der Waals surface area (Å²) in [6, 6.07) is 17.0. The zero-order valence-corrected chi connectivity index (χ0v) is 18.7. The number of carbonyl (C=O) groups is 1. The van der Waals surface area contributed by atoms with Crippen molar-refractivity contribution in [3.8, 4) is 11.1 Å². The molecule has 0 bridgehead atoms. The summed E-state index contributed by atoms with van der Waals surface area (Å²) in [5.74, 6) is -0.0997. The van der Waals surface area contributed by atoms with Gasteiger partial charge < -0.3 is 14.0 Å². The van der Waals surface area contributed by atoms with Crippen molar-refractivity contribution in [2.75, 3.05) is 6.61 Å². The summed E-state index contributed by atoms with van der Waals surface area (Å²) in [6.07, 6.45) is 2.57. The zero-order valence-electron chi connectivity index (χ0n) is 18.7. The molecule has 2 fully saturated rings. The van der Waals surface area contributed by atoms with E-state index in [1.807, 2.05) is 6.92 Å². The van der Waals surface area contributed by atoms with Gasteiger partial charge in [-0.25, -0.2) is 0 Å². The van der Waals surface area contributed by atoms with Crippen LogP contribution in [0.25, 0.3) is 11.1 Å². The van der Waals surface area contributed by atoms with Crippen molar-refractivity contribution in [2.45, 2.75) is 70.5 Å². The van der Waals surface area contributed by atoms with Gasteiger partial charge in [-0.05, 0) is 69.6 Å². The first-order chi connectivity index (χ1) is 14.2. The molecule has 4 rings (SSSR count). The first-order valence-electron chi connectivity index (χ1n) is 10.9. The second kappa shape index (κ2) is 7.54. The van der Waals surface area contributed by atoms with Crippen molar-refractivity contribution in [3.05, 3.63) is 54.1 Å². The highest BCUT2D eigenvalue weighted by molar-refractivity contribution is 6.62. The lowest BCUT2D eigenvalue weighted by atomic mass is 9.78. The molecule has 0 N–H and O–H groups in total. The van der Waals surface area contributed by atoms with Gasteiger partial charge in [0.1, 0.15) is 0 Å². The lowest BCUT2D eigenvalue weighted by Crippen LogP contribution is -2.41. The van der Waals surface area contributed by atoms with Gasteiger partial charge in [0, 0.05) is 5.41 Å². The Morgan fingerprint density at radius 1 is 0.900 bits per heavy atom. The Balaban J connectivity index is 1.46. The standard InChI is InChI=1S/C25H31BO4/c1-6-28-22(27)17-25(15-16-25)20-11-7-18(8-12-20)19-9-13-21(14-10-19)26-29-23(2,3)24(4,5)30-26/h7-14H,6,15-17H2,1-5H3. The molecule has 1 saturated heterocycles. The molecule has 0 atom stereocenters. The molecule has 2 aliphatic rings. The Morgan fingerprint density at radius 3 is 1.87 bits per heavy atom. The van der Waals surface area contributed by atoms with Crippen LogP contribution in [0.2, 0.25) is 0 Å². The molecule has 1 aliphatic heterocycles. The van der Waals surface area contributed by atoms with Crippen LogP contribution in [0.1, 0.15) is 59.4 Å². The summed E-state index contributed by atoms with van der Waals surface area (Å²) in [4.78, 5) is 11.9. The van der Waals surface area contributed by atoms with Crippen molar-refractivity contribution in [1.82, 2.24) is 0 Å². The van der Waals surface area contributed by atoms with Crippen LogP contribution in [0.15, 0.2) is 48.5 Å². The van der Waals surface area contributed by atoms with Gasteiger partial charge in [-0.2, -0.15) is 0 Å². The van der Waals surface area contributed by atoms with E-state index in [9.17, 15) is 4.79 Å². The first kappa shape index (κ1) is 21.1. The van der Waals surface area contributed by atoms with E-state index in [1.165, 1.54) is 5.56 Å². The van der Waals surface area contributed by atoms with Crippen LogP contribution < -0.4 is 5.46 Å². The van der Waals surface area contributed by atoms with Crippen LogP contribution in [-0.2, 0) is 24.3 Å². The van der Waals surface area contributed by atoms with Crippen molar-refractivity contribution < 1.29 is 18.8 Å². The third kappa shape index (κ3) is 3.93. The molecule has 4 nitrogen and oxygen atoms in total. The summed E-state index contributed by atoms with van der Waals surface area (Å²) in [7, 11) is -0.343. The maximum absolute atomic E-state index is 11.9. The Bertz CT molecular complexity index is 895. The normalized spacial score (nSPS) is 20.8. The van der Waals surface area contributed by atoms with E-state index in [-0.39, 0.29) is 29.7 Å². The predicted molar refractivity (Wildman–Crippen MR) is 120 cm³/mol. The highest BCUT2D eigenvalue weighted by Gasteiger charge is 2.51. The molecule has 0 amide bonds. The van der Waals surface area contributed by atoms with Crippen LogP contribution in [0.4, 0.5) is 0 Å². The number of rotatable bonds is 6. The van der Waals surface area contributed by atoms with E-state index in [0.717, 1.165) is 29.4 Å². The molecule has 0 spiro atoms. The smallest absolute Gasteiger partial charge is 0.466 e. The van der Waals surface area contributed by atoms with Gasteiger partial charge in [-0.15, -0.1) is 0 Å². The number of benzene rings is 2. The van der Waals surface area contributed by atoms with E-state index in [1.54, 1.807) is 0 Å². The average Bonchev–Trinajstić information content (AvgIpc) is 3.43. The van der Waals surface area contributed by atoms with Gasteiger partial charge in [0.15, 0.2) is 0 Å². The molecule has 0 radical (unpaired) electrons. The molecule has 2 aromatic carbocycles. The van der Waals surface area contributed by atoms with Crippen molar-refractivity contribution in [1.29, 1.82) is 0 Å². The minimum Gasteiger partial charge on any atom is -0.466 e.